The third kappa shape index (κ3) is 3.88. The third-order valence-corrected chi connectivity index (χ3v) is 2.30. The molecule has 16 heavy (non-hydrogen) atoms. The van der Waals surface area contributed by atoms with E-state index in [-0.39, 0.29) is 12.2 Å². The van der Waals surface area contributed by atoms with Gasteiger partial charge in [-0.3, -0.25) is 4.79 Å². The Morgan fingerprint density at radius 3 is 2.56 bits per heavy atom. The van der Waals surface area contributed by atoms with Crippen LogP contribution in [0.5, 0.6) is 0 Å². The topological polar surface area (TPSA) is 40.9 Å². The molecule has 0 saturated carbocycles. The molecule has 0 unspecified atom stereocenters. The molecule has 0 aliphatic heterocycles. The molecule has 0 amide bonds. The highest BCUT2D eigenvalue weighted by Gasteiger charge is 2.03. The predicted octanol–water partition coefficient (Wildman–Crippen LogP) is 2.92. The van der Waals surface area contributed by atoms with E-state index in [1.165, 1.54) is 0 Å². The zero-order chi connectivity index (χ0) is 11.8. The fraction of sp³-hybridized carbons (Fsp3) is 0.231. The molecule has 0 spiro atoms. The number of carbonyl (C=O) groups excluding carboxylic acids is 1. The number of alkyl halides is 1. The van der Waals surface area contributed by atoms with Crippen LogP contribution in [-0.4, -0.2) is 11.1 Å². The van der Waals surface area contributed by atoms with Gasteiger partial charge in [0.25, 0.3) is 0 Å². The van der Waals surface area contributed by atoms with Crippen molar-refractivity contribution >= 4 is 21.7 Å². The summed E-state index contributed by atoms with van der Waals surface area (Å²) in [6.07, 6.45) is 0.726. The van der Waals surface area contributed by atoms with E-state index in [0.29, 0.717) is 5.56 Å². The van der Waals surface area contributed by atoms with Gasteiger partial charge in [0.1, 0.15) is 0 Å². The van der Waals surface area contributed by atoms with Crippen LogP contribution < -0.4 is 0 Å². The Kier molecular flexibility index (Phi) is 5.32. The summed E-state index contributed by atoms with van der Waals surface area (Å²) in [5, 5.41) is 9.26. The van der Waals surface area contributed by atoms with Crippen molar-refractivity contribution in [3.05, 3.63) is 35.4 Å². The molecular weight excluding hydrogens is 266 g/mol. The number of Topliss-reactive ketones (excluding diaryl/α,β-unsaturated/α-hetero) is 1. The molecule has 0 aromatic heterocycles. The third-order valence-electron chi connectivity index (χ3n) is 1.90. The van der Waals surface area contributed by atoms with E-state index in [1.54, 1.807) is 24.3 Å². The van der Waals surface area contributed by atoms with Gasteiger partial charge in [0.2, 0.25) is 0 Å². The smallest absolute Gasteiger partial charge is 0.176 e. The number of hydrogen-bond donors (Lipinski definition) is 0. The first-order chi connectivity index (χ1) is 7.77. The molecule has 0 atom stereocenters. The number of rotatable bonds is 3. The number of carbonyl (C=O) groups is 1. The lowest BCUT2D eigenvalue weighted by Gasteiger charge is -1.96. The average molecular weight is 276 g/mol. The fourth-order valence-electron chi connectivity index (χ4n) is 1.13. The summed E-state index contributed by atoms with van der Waals surface area (Å²) in [5.74, 6) is 5.83. The lowest BCUT2D eigenvalue weighted by atomic mass is 10.1. The number of hydrogen-bond acceptors (Lipinski definition) is 2. The van der Waals surface area contributed by atoms with E-state index in [9.17, 15) is 4.79 Å². The molecule has 0 aliphatic carbocycles. The number of halogens is 1. The number of benzene rings is 1. The zero-order valence-electron chi connectivity index (χ0n) is 8.66. The van der Waals surface area contributed by atoms with Gasteiger partial charge in [0.15, 0.2) is 5.78 Å². The number of nitrogens with zero attached hydrogens (tertiary/aromatic N) is 1. The van der Waals surface area contributed by atoms with Crippen LogP contribution >= 0.6 is 15.9 Å². The summed E-state index contributed by atoms with van der Waals surface area (Å²) in [7, 11) is 0. The molecule has 80 valence electrons. The number of nitriles is 1. The molecule has 0 heterocycles. The Bertz CT molecular complexity index is 459. The zero-order valence-corrected chi connectivity index (χ0v) is 10.3. The maximum absolute atomic E-state index is 11.4. The van der Waals surface area contributed by atoms with Gasteiger partial charge in [0, 0.05) is 22.9 Å². The summed E-state index contributed by atoms with van der Waals surface area (Å²) >= 11 is 3.29. The first-order valence-electron chi connectivity index (χ1n) is 4.83. The molecule has 2 nitrogen and oxygen atoms in total. The second kappa shape index (κ2) is 6.82. The van der Waals surface area contributed by atoms with Crippen molar-refractivity contribution in [3.63, 3.8) is 0 Å². The lowest BCUT2D eigenvalue weighted by molar-refractivity contribution is 0.0998. The largest absolute Gasteiger partial charge is 0.293 e. The van der Waals surface area contributed by atoms with Crippen molar-refractivity contribution in [2.45, 2.75) is 12.8 Å². The maximum Gasteiger partial charge on any atom is 0.176 e. The van der Waals surface area contributed by atoms with Gasteiger partial charge >= 0.3 is 0 Å². The first kappa shape index (κ1) is 12.5. The lowest BCUT2D eigenvalue weighted by Crippen LogP contribution is -1.96. The van der Waals surface area contributed by atoms with E-state index in [4.69, 9.17) is 5.26 Å². The van der Waals surface area contributed by atoms with Gasteiger partial charge in [0.05, 0.1) is 12.5 Å². The van der Waals surface area contributed by atoms with Crippen LogP contribution in [0.1, 0.15) is 28.8 Å². The van der Waals surface area contributed by atoms with E-state index in [0.717, 1.165) is 17.3 Å². The molecule has 3 heteroatoms. The van der Waals surface area contributed by atoms with Crippen molar-refractivity contribution in [2.24, 2.45) is 0 Å². The molecule has 1 aromatic rings. The summed E-state index contributed by atoms with van der Waals surface area (Å²) in [5.41, 5.74) is 1.45. The molecule has 0 radical (unpaired) electrons. The van der Waals surface area contributed by atoms with Crippen LogP contribution in [0.3, 0.4) is 0 Å². The highest BCUT2D eigenvalue weighted by atomic mass is 79.9. The van der Waals surface area contributed by atoms with Gasteiger partial charge in [-0.2, -0.15) is 5.26 Å². The predicted molar refractivity (Wildman–Crippen MR) is 66.3 cm³/mol. The van der Waals surface area contributed by atoms with Crippen molar-refractivity contribution in [1.29, 1.82) is 5.26 Å². The van der Waals surface area contributed by atoms with Crippen LogP contribution in [-0.2, 0) is 0 Å². The van der Waals surface area contributed by atoms with Gasteiger partial charge in [-0.05, 0) is 12.1 Å². The van der Waals surface area contributed by atoms with E-state index < -0.39 is 0 Å². The highest BCUT2D eigenvalue weighted by molar-refractivity contribution is 9.09. The Morgan fingerprint density at radius 2 is 2.00 bits per heavy atom. The average Bonchev–Trinajstić information content (AvgIpc) is 2.30. The summed E-state index contributed by atoms with van der Waals surface area (Å²) in [4.78, 5) is 11.4. The minimum absolute atomic E-state index is 0.0748. The molecule has 0 N–H and O–H groups in total. The normalized spacial score (nSPS) is 8.75. The van der Waals surface area contributed by atoms with Gasteiger partial charge in [-0.15, -0.1) is 0 Å². The Labute approximate surface area is 103 Å². The van der Waals surface area contributed by atoms with Crippen molar-refractivity contribution in [2.75, 3.05) is 5.33 Å². The van der Waals surface area contributed by atoms with E-state index in [1.807, 2.05) is 6.07 Å². The maximum atomic E-state index is 11.4. The molecule has 1 rings (SSSR count). The molecule has 0 aliphatic rings. The first-order valence-corrected chi connectivity index (χ1v) is 5.95. The minimum atomic E-state index is -0.150. The van der Waals surface area contributed by atoms with Crippen LogP contribution in [0.2, 0.25) is 0 Å². The van der Waals surface area contributed by atoms with Gasteiger partial charge in [-0.1, -0.05) is 39.9 Å². The fourth-order valence-corrected chi connectivity index (χ4v) is 1.32. The van der Waals surface area contributed by atoms with E-state index in [2.05, 4.69) is 27.8 Å². The van der Waals surface area contributed by atoms with E-state index >= 15 is 0 Å². The van der Waals surface area contributed by atoms with Crippen molar-refractivity contribution < 1.29 is 4.79 Å². The SMILES string of the molecule is N#CCC(=O)c1ccc(C#CCCBr)cc1. The molecule has 0 fully saturated rings. The quantitative estimate of drug-likeness (QED) is 0.484. The van der Waals surface area contributed by atoms with Crippen molar-refractivity contribution in [1.82, 2.24) is 0 Å². The highest BCUT2D eigenvalue weighted by Crippen LogP contribution is 2.06. The number of ketones is 1. The monoisotopic (exact) mass is 275 g/mol. The molecule has 0 saturated heterocycles. The van der Waals surface area contributed by atoms with Gasteiger partial charge in [-0.25, -0.2) is 0 Å². The summed E-state index contributed by atoms with van der Waals surface area (Å²) < 4.78 is 0. The Balaban J connectivity index is 2.73. The molecular formula is C13H10BrNO. The summed E-state index contributed by atoms with van der Waals surface area (Å²) in [6.45, 7) is 0. The van der Waals surface area contributed by atoms with Crippen LogP contribution in [0.4, 0.5) is 0 Å². The van der Waals surface area contributed by atoms with Crippen molar-refractivity contribution in [3.8, 4) is 17.9 Å². The molecule has 0 bridgehead atoms. The minimum Gasteiger partial charge on any atom is -0.293 e. The summed E-state index contributed by atoms with van der Waals surface area (Å²) in [6, 6.07) is 8.85. The Morgan fingerprint density at radius 1 is 1.31 bits per heavy atom. The van der Waals surface area contributed by atoms with Crippen LogP contribution in [0.15, 0.2) is 24.3 Å². The van der Waals surface area contributed by atoms with Crippen LogP contribution in [0, 0.1) is 23.2 Å². The standard InChI is InChI=1S/C13H10BrNO/c14-9-2-1-3-11-4-6-12(7-5-11)13(16)8-10-15/h4-7H,2,8-9H2. The van der Waals surface area contributed by atoms with Crippen LogP contribution in [0.25, 0.3) is 0 Å². The second-order valence-corrected chi connectivity index (χ2v) is 3.87. The Hall–Kier alpha value is -1.58. The van der Waals surface area contributed by atoms with Gasteiger partial charge < -0.3 is 0 Å². The second-order valence-electron chi connectivity index (χ2n) is 3.08. The molecule has 1 aromatic carbocycles.